The van der Waals surface area contributed by atoms with Gasteiger partial charge in [-0.15, -0.1) is 0 Å². The number of rotatable bonds is 54. The molecule has 0 aliphatic heterocycles. The predicted octanol–water partition coefficient (Wildman–Crippen LogP) is 11.9. The van der Waals surface area contributed by atoms with Crippen LogP contribution in [-0.2, 0) is 52.2 Å². The Morgan fingerprint density at radius 2 is 0.393 bits per heavy atom. The largest absolute Gasteiger partial charge is 0.463 e. The monoisotopic (exact) mass is 875 g/mol. The first-order chi connectivity index (χ1) is 30.2. The number of hydrogen-bond donors (Lipinski definition) is 0. The molecular formula is C50H98O11. The minimum atomic E-state index is -0.131. The molecule has 0 fully saturated rings. The molecule has 0 aliphatic carbocycles. The van der Waals surface area contributed by atoms with Gasteiger partial charge in [0.2, 0.25) is 0 Å². The van der Waals surface area contributed by atoms with Gasteiger partial charge >= 0.3 is 11.9 Å². The third-order valence-electron chi connectivity index (χ3n) is 10.7. The molecule has 61 heavy (non-hydrogen) atoms. The molecule has 0 atom stereocenters. The molecule has 0 amide bonds. The second-order valence-corrected chi connectivity index (χ2v) is 16.4. The molecule has 0 unspecified atom stereocenters. The van der Waals surface area contributed by atoms with Crippen LogP contribution in [-0.4, -0.2) is 118 Å². The Hall–Kier alpha value is -1.34. The van der Waals surface area contributed by atoms with E-state index in [1.807, 2.05) is 0 Å². The van der Waals surface area contributed by atoms with Gasteiger partial charge in [-0.1, -0.05) is 181 Å². The zero-order valence-electron chi connectivity index (χ0n) is 40.0. The fraction of sp³-hybridized carbons (Fsp3) is 0.960. The zero-order valence-corrected chi connectivity index (χ0v) is 40.0. The van der Waals surface area contributed by atoms with E-state index in [1.165, 1.54) is 154 Å². The molecule has 0 radical (unpaired) electrons. The summed E-state index contributed by atoms with van der Waals surface area (Å²) in [6.07, 6.45) is 37.5. The molecule has 0 aromatic heterocycles. The van der Waals surface area contributed by atoms with E-state index in [1.54, 1.807) is 0 Å². The van der Waals surface area contributed by atoms with E-state index in [4.69, 9.17) is 42.6 Å². The minimum Gasteiger partial charge on any atom is -0.463 e. The van der Waals surface area contributed by atoms with Gasteiger partial charge in [-0.05, 0) is 12.8 Å². The molecule has 0 saturated carbocycles. The quantitative estimate of drug-likeness (QED) is 0.0429. The SMILES string of the molecule is CCCCCCCCCCCCCCCCCC(=O)OCCOCCOCCOCCOCCOCCOCCOCCOC(=O)CCCCCCCCCCCCCCC. The van der Waals surface area contributed by atoms with Crippen molar-refractivity contribution in [2.45, 2.75) is 206 Å². The summed E-state index contributed by atoms with van der Waals surface area (Å²) in [7, 11) is 0. The molecule has 11 nitrogen and oxygen atoms in total. The Balaban J connectivity index is 3.18. The molecule has 0 heterocycles. The van der Waals surface area contributed by atoms with Gasteiger partial charge in [0, 0.05) is 12.8 Å². The maximum absolute atomic E-state index is 11.9. The number of esters is 2. The van der Waals surface area contributed by atoms with Gasteiger partial charge < -0.3 is 42.6 Å². The van der Waals surface area contributed by atoms with Gasteiger partial charge in [-0.25, -0.2) is 0 Å². The maximum atomic E-state index is 11.9. The summed E-state index contributed by atoms with van der Waals surface area (Å²) < 4.78 is 49.1. The Morgan fingerprint density at radius 3 is 0.590 bits per heavy atom. The molecule has 0 bridgehead atoms. The summed E-state index contributed by atoms with van der Waals surface area (Å²) in [5.41, 5.74) is 0. The number of ether oxygens (including phenoxy) is 9. The first-order valence-electron chi connectivity index (χ1n) is 25.6. The lowest BCUT2D eigenvalue weighted by molar-refractivity contribution is -0.146. The van der Waals surface area contributed by atoms with Crippen molar-refractivity contribution in [3.05, 3.63) is 0 Å². The van der Waals surface area contributed by atoms with Crippen LogP contribution in [0.4, 0.5) is 0 Å². The highest BCUT2D eigenvalue weighted by Gasteiger charge is 2.05. The van der Waals surface area contributed by atoms with Crippen molar-refractivity contribution in [1.29, 1.82) is 0 Å². The van der Waals surface area contributed by atoms with Gasteiger partial charge in [0.1, 0.15) is 13.2 Å². The van der Waals surface area contributed by atoms with Crippen LogP contribution < -0.4 is 0 Å². The van der Waals surface area contributed by atoms with E-state index < -0.39 is 0 Å². The van der Waals surface area contributed by atoms with Crippen molar-refractivity contribution < 1.29 is 52.2 Å². The van der Waals surface area contributed by atoms with E-state index in [0.717, 1.165) is 25.7 Å². The summed E-state index contributed by atoms with van der Waals surface area (Å²) in [5.74, 6) is -0.262. The molecule has 0 spiro atoms. The number of carbonyl (C=O) groups is 2. The Labute approximate surface area is 375 Å². The molecule has 0 aliphatic rings. The summed E-state index contributed by atoms with van der Waals surface area (Å²) in [6, 6.07) is 0. The maximum Gasteiger partial charge on any atom is 0.305 e. The molecule has 11 heteroatoms. The number of carbonyl (C=O) groups excluding carboxylic acids is 2. The van der Waals surface area contributed by atoms with Crippen LogP contribution in [0.5, 0.6) is 0 Å². The average Bonchev–Trinajstić information content (AvgIpc) is 3.26. The van der Waals surface area contributed by atoms with E-state index in [9.17, 15) is 9.59 Å². The third kappa shape index (κ3) is 54.7. The highest BCUT2D eigenvalue weighted by Crippen LogP contribution is 2.15. The van der Waals surface area contributed by atoms with Crippen LogP contribution in [0.2, 0.25) is 0 Å². The first kappa shape index (κ1) is 59.7. The van der Waals surface area contributed by atoms with Crippen molar-refractivity contribution in [1.82, 2.24) is 0 Å². The van der Waals surface area contributed by atoms with Crippen LogP contribution in [0.3, 0.4) is 0 Å². The van der Waals surface area contributed by atoms with Crippen molar-refractivity contribution in [3.63, 3.8) is 0 Å². The fourth-order valence-electron chi connectivity index (χ4n) is 6.92. The summed E-state index contributed by atoms with van der Waals surface area (Å²) >= 11 is 0. The van der Waals surface area contributed by atoms with Crippen LogP contribution in [0.15, 0.2) is 0 Å². The van der Waals surface area contributed by atoms with E-state index in [0.29, 0.717) is 105 Å². The Kier molecular flexibility index (Phi) is 53.6. The van der Waals surface area contributed by atoms with Gasteiger partial charge in [-0.3, -0.25) is 9.59 Å². The molecule has 0 aromatic rings. The van der Waals surface area contributed by atoms with E-state index >= 15 is 0 Å². The fourth-order valence-corrected chi connectivity index (χ4v) is 6.92. The van der Waals surface area contributed by atoms with Crippen LogP contribution in [0.1, 0.15) is 206 Å². The van der Waals surface area contributed by atoms with Crippen molar-refractivity contribution >= 4 is 11.9 Å². The van der Waals surface area contributed by atoms with Gasteiger partial charge in [-0.2, -0.15) is 0 Å². The Bertz CT molecular complexity index is 846. The summed E-state index contributed by atoms with van der Waals surface area (Å²) in [6.45, 7) is 11.7. The van der Waals surface area contributed by atoms with Crippen molar-refractivity contribution in [2.24, 2.45) is 0 Å². The lowest BCUT2D eigenvalue weighted by Gasteiger charge is -2.09. The van der Waals surface area contributed by atoms with Gasteiger partial charge in [0.15, 0.2) is 0 Å². The lowest BCUT2D eigenvalue weighted by Crippen LogP contribution is -2.15. The van der Waals surface area contributed by atoms with Crippen LogP contribution >= 0.6 is 0 Å². The predicted molar refractivity (Wildman–Crippen MR) is 248 cm³/mol. The highest BCUT2D eigenvalue weighted by atomic mass is 16.6. The minimum absolute atomic E-state index is 0.130. The van der Waals surface area contributed by atoms with E-state index in [-0.39, 0.29) is 25.2 Å². The molecule has 364 valence electrons. The number of hydrogen-bond acceptors (Lipinski definition) is 11. The van der Waals surface area contributed by atoms with E-state index in [2.05, 4.69) is 13.8 Å². The molecule has 0 N–H and O–H groups in total. The third-order valence-corrected chi connectivity index (χ3v) is 10.7. The zero-order chi connectivity index (χ0) is 44.0. The second kappa shape index (κ2) is 54.8. The number of unbranched alkanes of at least 4 members (excludes halogenated alkanes) is 26. The molecule has 0 rings (SSSR count). The van der Waals surface area contributed by atoms with Crippen LogP contribution in [0.25, 0.3) is 0 Å². The highest BCUT2D eigenvalue weighted by molar-refractivity contribution is 5.69. The molecule has 0 aromatic carbocycles. The van der Waals surface area contributed by atoms with Gasteiger partial charge in [0.05, 0.1) is 92.5 Å². The van der Waals surface area contributed by atoms with Crippen LogP contribution in [0, 0.1) is 0 Å². The van der Waals surface area contributed by atoms with Crippen molar-refractivity contribution in [3.8, 4) is 0 Å². The molecular weight excluding hydrogens is 777 g/mol. The normalized spacial score (nSPS) is 11.4. The summed E-state index contributed by atoms with van der Waals surface area (Å²) in [4.78, 5) is 23.8. The first-order valence-corrected chi connectivity index (χ1v) is 25.6. The second-order valence-electron chi connectivity index (χ2n) is 16.4. The Morgan fingerprint density at radius 1 is 0.230 bits per heavy atom. The average molecular weight is 875 g/mol. The van der Waals surface area contributed by atoms with Crippen molar-refractivity contribution in [2.75, 3.05) is 106 Å². The molecule has 0 saturated heterocycles. The standard InChI is InChI=1S/C50H98O11/c1-3-5-7-9-11-13-15-17-18-20-22-24-26-28-30-32-50(52)61-48-46-59-44-42-57-40-38-55-36-34-53-33-35-54-37-39-56-41-43-58-45-47-60-49(51)31-29-27-25-23-21-19-16-14-12-10-8-6-4-2/h3-48H2,1-2H3. The summed E-state index contributed by atoms with van der Waals surface area (Å²) in [5, 5.41) is 0. The lowest BCUT2D eigenvalue weighted by atomic mass is 10.0. The smallest absolute Gasteiger partial charge is 0.305 e. The topological polar surface area (TPSA) is 117 Å². The van der Waals surface area contributed by atoms with Gasteiger partial charge in [0.25, 0.3) is 0 Å².